The summed E-state index contributed by atoms with van der Waals surface area (Å²) >= 11 is 0. The highest BCUT2D eigenvalue weighted by molar-refractivity contribution is 5.95. The number of rotatable bonds is 4. The molecule has 0 atom stereocenters. The van der Waals surface area contributed by atoms with Crippen LogP contribution in [-0.2, 0) is 0 Å². The second-order valence-corrected chi connectivity index (χ2v) is 5.83. The lowest BCUT2D eigenvalue weighted by Crippen LogP contribution is -2.40. The van der Waals surface area contributed by atoms with E-state index in [-0.39, 0.29) is 12.5 Å². The molecule has 116 valence electrons. The van der Waals surface area contributed by atoms with Gasteiger partial charge in [-0.2, -0.15) is 4.98 Å². The summed E-state index contributed by atoms with van der Waals surface area (Å²) in [6, 6.07) is 7.05. The van der Waals surface area contributed by atoms with Crippen molar-refractivity contribution in [1.82, 2.24) is 15.5 Å². The predicted molar refractivity (Wildman–Crippen MR) is 80.2 cm³/mol. The average molecular weight is 301 g/mol. The highest BCUT2D eigenvalue weighted by Crippen LogP contribution is 2.28. The molecule has 1 fully saturated rings. The van der Waals surface area contributed by atoms with Crippen molar-refractivity contribution in [3.63, 3.8) is 0 Å². The van der Waals surface area contributed by atoms with Crippen molar-refractivity contribution < 1.29 is 14.4 Å². The molecule has 0 unspecified atom stereocenters. The van der Waals surface area contributed by atoms with Crippen molar-refractivity contribution in [3.05, 3.63) is 35.7 Å². The third-order valence-electron chi connectivity index (χ3n) is 4.02. The first-order chi connectivity index (χ1) is 10.6. The van der Waals surface area contributed by atoms with Gasteiger partial charge in [0.1, 0.15) is 0 Å². The van der Waals surface area contributed by atoms with E-state index in [1.807, 2.05) is 6.07 Å². The van der Waals surface area contributed by atoms with Crippen LogP contribution in [0.5, 0.6) is 0 Å². The van der Waals surface area contributed by atoms with Crippen molar-refractivity contribution in [2.45, 2.75) is 38.2 Å². The number of aryl methyl sites for hydroxylation is 1. The number of aliphatic hydroxyl groups is 1. The van der Waals surface area contributed by atoms with Gasteiger partial charge in [0.25, 0.3) is 5.91 Å². The first kappa shape index (κ1) is 14.7. The Morgan fingerprint density at radius 2 is 2.18 bits per heavy atom. The second kappa shape index (κ2) is 5.88. The number of benzene rings is 1. The van der Waals surface area contributed by atoms with Gasteiger partial charge in [-0.3, -0.25) is 4.79 Å². The molecule has 1 saturated carbocycles. The van der Waals surface area contributed by atoms with Gasteiger partial charge in [0.2, 0.25) is 11.7 Å². The zero-order chi connectivity index (χ0) is 15.6. The minimum atomic E-state index is -0.752. The van der Waals surface area contributed by atoms with Gasteiger partial charge in [-0.15, -0.1) is 0 Å². The first-order valence-corrected chi connectivity index (χ1v) is 7.47. The van der Waals surface area contributed by atoms with E-state index < -0.39 is 5.60 Å². The molecule has 1 heterocycles. The molecular weight excluding hydrogens is 282 g/mol. The molecule has 1 amide bonds. The van der Waals surface area contributed by atoms with Gasteiger partial charge in [0.05, 0.1) is 5.60 Å². The Kier molecular flexibility index (Phi) is 3.94. The van der Waals surface area contributed by atoms with Crippen LogP contribution in [0.4, 0.5) is 0 Å². The Hall–Kier alpha value is -2.21. The van der Waals surface area contributed by atoms with Crippen molar-refractivity contribution in [2.75, 3.05) is 6.54 Å². The fourth-order valence-electron chi connectivity index (χ4n) is 2.77. The summed E-state index contributed by atoms with van der Waals surface area (Å²) in [7, 11) is 0. The maximum absolute atomic E-state index is 12.2. The number of hydrogen-bond acceptors (Lipinski definition) is 5. The van der Waals surface area contributed by atoms with E-state index in [0.717, 1.165) is 31.2 Å². The largest absolute Gasteiger partial charge is 0.388 e. The van der Waals surface area contributed by atoms with Crippen LogP contribution < -0.4 is 5.32 Å². The molecule has 22 heavy (non-hydrogen) atoms. The summed E-state index contributed by atoms with van der Waals surface area (Å²) in [5, 5.41) is 16.9. The van der Waals surface area contributed by atoms with Crippen LogP contribution in [0, 0.1) is 6.92 Å². The second-order valence-electron chi connectivity index (χ2n) is 5.83. The van der Waals surface area contributed by atoms with Gasteiger partial charge in [-0.1, -0.05) is 30.1 Å². The zero-order valence-electron chi connectivity index (χ0n) is 12.5. The standard InChI is InChI=1S/C16H19N3O3/c1-11-18-14(19-22-11)12-5-4-6-13(9-12)15(20)17-10-16(21)7-2-3-8-16/h4-6,9,21H,2-3,7-8,10H2,1H3,(H,17,20). The average Bonchev–Trinajstić information content (AvgIpc) is 3.14. The SMILES string of the molecule is Cc1nc(-c2cccc(C(=O)NCC3(O)CCCC3)c2)no1. The highest BCUT2D eigenvalue weighted by atomic mass is 16.5. The molecule has 2 aromatic rings. The number of carbonyl (C=O) groups excluding carboxylic acids is 1. The number of nitrogens with one attached hydrogen (secondary N) is 1. The Morgan fingerprint density at radius 1 is 1.41 bits per heavy atom. The first-order valence-electron chi connectivity index (χ1n) is 7.47. The van der Waals surface area contributed by atoms with Gasteiger partial charge >= 0.3 is 0 Å². The Labute approximate surface area is 128 Å². The summed E-state index contributed by atoms with van der Waals surface area (Å²) in [5.74, 6) is 0.734. The Morgan fingerprint density at radius 3 is 2.86 bits per heavy atom. The number of amides is 1. The van der Waals surface area contributed by atoms with Crippen molar-refractivity contribution >= 4 is 5.91 Å². The van der Waals surface area contributed by atoms with Crippen molar-refractivity contribution in [2.24, 2.45) is 0 Å². The molecule has 6 heteroatoms. The minimum absolute atomic E-state index is 0.206. The number of nitrogens with zero attached hydrogens (tertiary/aromatic N) is 2. The van der Waals surface area contributed by atoms with Crippen LogP contribution in [0.1, 0.15) is 41.9 Å². The summed E-state index contributed by atoms with van der Waals surface area (Å²) in [6.45, 7) is 2.01. The van der Waals surface area contributed by atoms with Gasteiger partial charge in [0, 0.05) is 24.6 Å². The molecule has 0 aliphatic heterocycles. The lowest BCUT2D eigenvalue weighted by Gasteiger charge is -2.22. The topological polar surface area (TPSA) is 88.2 Å². The van der Waals surface area contributed by atoms with Crippen molar-refractivity contribution in [1.29, 1.82) is 0 Å². The molecule has 0 bridgehead atoms. The van der Waals surface area contributed by atoms with E-state index in [1.165, 1.54) is 0 Å². The molecule has 0 saturated heterocycles. The summed E-state index contributed by atoms with van der Waals surface area (Å²) in [4.78, 5) is 16.4. The molecule has 3 rings (SSSR count). The predicted octanol–water partition coefficient (Wildman–Crippen LogP) is 2.08. The van der Waals surface area contributed by atoms with Gasteiger partial charge in [0.15, 0.2) is 0 Å². The maximum atomic E-state index is 12.2. The van der Waals surface area contributed by atoms with Crippen LogP contribution in [0.2, 0.25) is 0 Å². The monoisotopic (exact) mass is 301 g/mol. The summed E-state index contributed by atoms with van der Waals surface area (Å²) in [5.41, 5.74) is 0.489. The molecule has 1 aliphatic carbocycles. The molecular formula is C16H19N3O3. The van der Waals surface area contributed by atoms with E-state index in [1.54, 1.807) is 25.1 Å². The van der Waals surface area contributed by atoms with Crippen LogP contribution in [0.15, 0.2) is 28.8 Å². The van der Waals surface area contributed by atoms with Crippen LogP contribution in [0.25, 0.3) is 11.4 Å². The lowest BCUT2D eigenvalue weighted by atomic mass is 10.0. The van der Waals surface area contributed by atoms with Gasteiger partial charge in [-0.25, -0.2) is 0 Å². The fraction of sp³-hybridized carbons (Fsp3) is 0.438. The summed E-state index contributed by atoms with van der Waals surface area (Å²) in [6.07, 6.45) is 3.52. The van der Waals surface area contributed by atoms with Crippen LogP contribution >= 0.6 is 0 Å². The normalized spacial score (nSPS) is 16.6. The van der Waals surface area contributed by atoms with E-state index in [9.17, 15) is 9.90 Å². The molecule has 2 N–H and O–H groups in total. The molecule has 1 aromatic carbocycles. The Balaban J connectivity index is 1.70. The van der Waals surface area contributed by atoms with Gasteiger partial charge < -0.3 is 14.9 Å². The third kappa shape index (κ3) is 3.17. The molecule has 1 aromatic heterocycles. The maximum Gasteiger partial charge on any atom is 0.251 e. The number of aromatic nitrogens is 2. The third-order valence-corrected chi connectivity index (χ3v) is 4.02. The molecule has 0 spiro atoms. The van der Waals surface area contributed by atoms with E-state index in [0.29, 0.717) is 17.3 Å². The highest BCUT2D eigenvalue weighted by Gasteiger charge is 2.31. The van der Waals surface area contributed by atoms with E-state index in [2.05, 4.69) is 15.5 Å². The van der Waals surface area contributed by atoms with E-state index >= 15 is 0 Å². The van der Waals surface area contributed by atoms with Crippen molar-refractivity contribution in [3.8, 4) is 11.4 Å². The minimum Gasteiger partial charge on any atom is -0.388 e. The van der Waals surface area contributed by atoms with Crippen LogP contribution in [0.3, 0.4) is 0 Å². The summed E-state index contributed by atoms with van der Waals surface area (Å²) < 4.78 is 4.95. The molecule has 6 nitrogen and oxygen atoms in total. The van der Waals surface area contributed by atoms with Gasteiger partial charge in [-0.05, 0) is 25.0 Å². The quantitative estimate of drug-likeness (QED) is 0.902. The van der Waals surface area contributed by atoms with E-state index in [4.69, 9.17) is 4.52 Å². The lowest BCUT2D eigenvalue weighted by molar-refractivity contribution is 0.0449. The van der Waals surface area contributed by atoms with Crippen LogP contribution in [-0.4, -0.2) is 33.3 Å². The molecule has 0 radical (unpaired) electrons. The molecule has 1 aliphatic rings. The smallest absolute Gasteiger partial charge is 0.251 e. The number of carbonyl (C=O) groups is 1. The zero-order valence-corrected chi connectivity index (χ0v) is 12.5. The Bertz CT molecular complexity index is 675. The number of hydrogen-bond donors (Lipinski definition) is 2. The fourth-order valence-corrected chi connectivity index (χ4v) is 2.77.